The van der Waals surface area contributed by atoms with Gasteiger partial charge in [0.2, 0.25) is 17.7 Å². The molecule has 348 valence electrons. The molecule has 0 unspecified atom stereocenters. The smallest absolute Gasteiger partial charge is 0.484 e. The quantitative estimate of drug-likeness (QED) is 0.0511. The van der Waals surface area contributed by atoms with Crippen molar-refractivity contribution in [1.82, 2.24) is 44.8 Å². The number of aryl methyl sites for hydroxylation is 3. The molecule has 0 saturated heterocycles. The molecule has 5 N–H and O–H groups in total. The van der Waals surface area contributed by atoms with Gasteiger partial charge in [-0.05, 0) is 81.1 Å². The lowest BCUT2D eigenvalue weighted by atomic mass is 9.90. The number of allylic oxidation sites excluding steroid dienone is 2. The Morgan fingerprint density at radius 3 is 1.98 bits per heavy atom. The van der Waals surface area contributed by atoms with E-state index < -0.39 is 12.5 Å². The van der Waals surface area contributed by atoms with E-state index in [1.54, 1.807) is 55.5 Å². The molecule has 1 aromatic carbocycles. The Morgan fingerprint density at radius 2 is 1.37 bits per heavy atom. The molecule has 5 heterocycles. The summed E-state index contributed by atoms with van der Waals surface area (Å²) >= 11 is 0. The van der Waals surface area contributed by atoms with Crippen LogP contribution in [0, 0.1) is 13.8 Å². The minimum Gasteiger partial charge on any atom is -0.484 e. The average molecular weight is 901 g/mol. The van der Waals surface area contributed by atoms with Gasteiger partial charge in [-0.3, -0.25) is 33.1 Å². The van der Waals surface area contributed by atoms with Gasteiger partial charge in [0.05, 0.1) is 0 Å². The Labute approximate surface area is 375 Å². The summed E-state index contributed by atoms with van der Waals surface area (Å²) in [5, 5.41) is 11.0. The van der Waals surface area contributed by atoms with Gasteiger partial charge in [-0.15, -0.1) is 0 Å². The van der Waals surface area contributed by atoms with Crippen molar-refractivity contribution in [2.75, 3.05) is 32.8 Å². The number of carbonyl (C=O) groups excluding carboxylic acids is 4. The van der Waals surface area contributed by atoms with E-state index in [9.17, 15) is 28.8 Å². The molecule has 4 aromatic rings. The number of ether oxygens (including phenoxy) is 1. The monoisotopic (exact) mass is 900 g/mol. The fourth-order valence-corrected chi connectivity index (χ4v) is 8.19. The number of rotatable bonds is 24. The summed E-state index contributed by atoms with van der Waals surface area (Å²) in [7, 11) is 0. The summed E-state index contributed by atoms with van der Waals surface area (Å²) in [6.45, 7) is 4.74. The molecule has 3 aromatic heterocycles. The van der Waals surface area contributed by atoms with Gasteiger partial charge < -0.3 is 48.6 Å². The Kier molecular flexibility index (Phi) is 16.1. The molecule has 0 bridgehead atoms. The maximum Gasteiger partial charge on any atom is 0.737 e. The molecular weight excluding hydrogens is 841 g/mol. The first-order valence-corrected chi connectivity index (χ1v) is 22.5. The molecule has 0 atom stereocenters. The van der Waals surface area contributed by atoms with E-state index in [-0.39, 0.29) is 80.5 Å². The Balaban J connectivity index is 0.777. The fraction of sp³-hybridized carbons (Fsp3) is 0.467. The summed E-state index contributed by atoms with van der Waals surface area (Å²) in [5.74, 6) is -0.0340. The summed E-state index contributed by atoms with van der Waals surface area (Å²) in [6.07, 6.45) is 10.1. The average Bonchev–Trinajstić information content (AvgIpc) is 4.00. The van der Waals surface area contributed by atoms with Gasteiger partial charge in [0.15, 0.2) is 18.0 Å². The highest BCUT2D eigenvalue weighted by Gasteiger charge is 2.52. The van der Waals surface area contributed by atoms with Crippen LogP contribution in [0.15, 0.2) is 57.8 Å². The van der Waals surface area contributed by atoms with Crippen LogP contribution in [-0.4, -0.2) is 97.2 Å². The van der Waals surface area contributed by atoms with E-state index in [1.807, 2.05) is 20.8 Å². The second kappa shape index (κ2) is 21.9. The summed E-state index contributed by atoms with van der Waals surface area (Å²) in [5.41, 5.74) is 3.07. The molecule has 0 aliphatic carbocycles. The van der Waals surface area contributed by atoms with E-state index in [1.165, 1.54) is 9.13 Å². The van der Waals surface area contributed by atoms with Crippen molar-refractivity contribution in [2.24, 2.45) is 0 Å². The molecule has 4 amide bonds. The van der Waals surface area contributed by atoms with Crippen LogP contribution in [0.4, 0.5) is 8.63 Å². The highest BCUT2D eigenvalue weighted by molar-refractivity contribution is 6.58. The van der Waals surface area contributed by atoms with Crippen LogP contribution in [0.2, 0.25) is 0 Å². The third-order valence-electron chi connectivity index (χ3n) is 11.4. The minimum atomic E-state index is -4.08. The van der Waals surface area contributed by atoms with E-state index >= 15 is 8.63 Å². The van der Waals surface area contributed by atoms with Crippen molar-refractivity contribution in [3.05, 3.63) is 86.0 Å². The van der Waals surface area contributed by atoms with Crippen LogP contribution >= 0.6 is 0 Å². The SMILES string of the molecule is CCCn1c(=O)c2[nH]c(-c3ccc(OCC(=O)NCCNC(=O)CCCCCCC(=O)NCCNC(=O)CCC4=[N+]5C(=Cc6c(C)cc(C)n6[B-]5(F)F)C=C4)cc3)nc2n(CCC)c1=O. The van der Waals surface area contributed by atoms with E-state index in [0.29, 0.717) is 97.2 Å². The number of hydrogen-bond donors (Lipinski definition) is 5. The van der Waals surface area contributed by atoms with Crippen LogP contribution in [0.3, 0.4) is 0 Å². The molecule has 2 aliphatic heterocycles. The topological polar surface area (TPSA) is 206 Å². The second-order valence-electron chi connectivity index (χ2n) is 16.4. The van der Waals surface area contributed by atoms with Crippen LogP contribution in [-0.2, 0) is 32.3 Å². The summed E-state index contributed by atoms with van der Waals surface area (Å²) in [4.78, 5) is 83.0. The van der Waals surface area contributed by atoms with Gasteiger partial charge in [0.1, 0.15) is 22.8 Å². The van der Waals surface area contributed by atoms with Crippen molar-refractivity contribution in [1.29, 1.82) is 0 Å². The van der Waals surface area contributed by atoms with Crippen molar-refractivity contribution in [2.45, 2.75) is 105 Å². The number of benzene rings is 1. The molecule has 0 fully saturated rings. The predicted octanol–water partition coefficient (Wildman–Crippen LogP) is 4.06. The Bertz CT molecular complexity index is 2620. The minimum absolute atomic E-state index is 0.0370. The van der Waals surface area contributed by atoms with Crippen molar-refractivity contribution >= 4 is 53.6 Å². The highest BCUT2D eigenvalue weighted by Crippen LogP contribution is 2.34. The van der Waals surface area contributed by atoms with Crippen LogP contribution in [0.25, 0.3) is 28.6 Å². The number of carbonyl (C=O) groups is 4. The summed E-state index contributed by atoms with van der Waals surface area (Å²) < 4.78 is 41.7. The number of nitrogens with zero attached hydrogens (tertiary/aromatic N) is 5. The lowest BCUT2D eigenvalue weighted by Crippen LogP contribution is -2.50. The number of nitrogens with one attached hydrogen (secondary N) is 5. The van der Waals surface area contributed by atoms with Crippen molar-refractivity contribution in [3.8, 4) is 17.1 Å². The first kappa shape index (κ1) is 47.9. The largest absolute Gasteiger partial charge is 0.737 e. The predicted molar refractivity (Wildman–Crippen MR) is 245 cm³/mol. The standard InChI is InChI=1S/C45H59BF2N10O7/c1-5-25-55-43-41(44(63)56(26-6-2)45(55)64)53-42(54-43)32-13-18-35(19-14-32)65-29-40(62)52-24-23-50-38(60)12-10-8-7-9-11-37(59)49-21-22-51-39(61)20-17-33-15-16-34-28-36-30(3)27-31(4)57(36)46(47,48)58(33)34/h13-16,18-19,27-28H,5-12,17,20-26,29H2,1-4H3,(H,49,59)(H,50,60)(H,51,61)(H,52,62)(H,53,54). The molecular formula is C45H59BF2N10O7. The van der Waals surface area contributed by atoms with Gasteiger partial charge in [-0.2, -0.15) is 0 Å². The molecule has 0 saturated carbocycles. The zero-order valence-electron chi connectivity index (χ0n) is 37.6. The first-order chi connectivity index (χ1) is 31.2. The molecule has 0 radical (unpaired) electrons. The third kappa shape index (κ3) is 11.6. The van der Waals surface area contributed by atoms with Gasteiger partial charge in [-0.25, -0.2) is 9.78 Å². The Morgan fingerprint density at radius 1 is 0.785 bits per heavy atom. The number of hydrogen-bond acceptors (Lipinski definition) is 8. The number of aromatic nitrogens is 5. The molecule has 2 aliphatic rings. The number of halogens is 2. The lowest BCUT2D eigenvalue weighted by molar-refractivity contribution is -0.362. The fourth-order valence-electron chi connectivity index (χ4n) is 8.19. The van der Waals surface area contributed by atoms with Gasteiger partial charge in [0, 0.05) is 94.4 Å². The van der Waals surface area contributed by atoms with E-state index in [4.69, 9.17) is 4.74 Å². The molecule has 0 spiro atoms. The Hall–Kier alpha value is -6.60. The zero-order chi connectivity index (χ0) is 46.7. The normalized spacial score (nSPS) is 13.7. The molecule has 17 nitrogen and oxygen atoms in total. The lowest BCUT2D eigenvalue weighted by Gasteiger charge is -2.30. The van der Waals surface area contributed by atoms with E-state index in [0.717, 1.165) is 27.4 Å². The van der Waals surface area contributed by atoms with Crippen LogP contribution in [0.5, 0.6) is 5.75 Å². The second-order valence-corrected chi connectivity index (χ2v) is 16.4. The van der Waals surface area contributed by atoms with Gasteiger partial charge in [-0.1, -0.05) is 26.7 Å². The number of imidazole rings is 1. The zero-order valence-corrected chi connectivity index (χ0v) is 37.6. The number of H-pyrrole nitrogens is 1. The van der Waals surface area contributed by atoms with Gasteiger partial charge >= 0.3 is 12.7 Å². The van der Waals surface area contributed by atoms with Gasteiger partial charge in [0.25, 0.3) is 11.5 Å². The maximum atomic E-state index is 15.6. The van der Waals surface area contributed by atoms with Crippen molar-refractivity contribution in [3.63, 3.8) is 0 Å². The first-order valence-electron chi connectivity index (χ1n) is 22.5. The maximum absolute atomic E-state index is 15.6. The molecule has 6 rings (SSSR count). The molecule has 20 heteroatoms. The molecule has 65 heavy (non-hydrogen) atoms. The number of aromatic amines is 1. The highest BCUT2D eigenvalue weighted by atomic mass is 19.2. The number of amides is 4. The number of unbranched alkanes of at least 4 members (excludes halogenated alkanes) is 3. The summed E-state index contributed by atoms with van der Waals surface area (Å²) in [6, 6.07) is 8.59. The van der Waals surface area contributed by atoms with Crippen LogP contribution < -0.4 is 37.3 Å². The van der Waals surface area contributed by atoms with Crippen LogP contribution in [0.1, 0.15) is 95.0 Å². The van der Waals surface area contributed by atoms with E-state index in [2.05, 4.69) is 31.2 Å². The number of fused-ring (bicyclic) bond motifs is 3. The van der Waals surface area contributed by atoms with Crippen molar-refractivity contribution < 1.29 is 37.0 Å². The third-order valence-corrected chi connectivity index (χ3v) is 11.4.